The van der Waals surface area contributed by atoms with Crippen LogP contribution in [0.1, 0.15) is 36.7 Å². The minimum atomic E-state index is 0.523. The molecule has 0 aromatic carbocycles. The van der Waals surface area contributed by atoms with E-state index in [9.17, 15) is 0 Å². The number of aromatic nitrogens is 4. The number of aromatic amines is 1. The topological polar surface area (TPSA) is 79.6 Å². The average Bonchev–Trinajstić information content (AvgIpc) is 2.93. The smallest absolute Gasteiger partial charge is 0.278 e. The molecule has 1 aliphatic heterocycles. The maximum absolute atomic E-state index is 5.30. The molecule has 0 spiro atoms. The Morgan fingerprint density at radius 1 is 1.32 bits per heavy atom. The first-order chi connectivity index (χ1) is 9.38. The van der Waals surface area contributed by atoms with Gasteiger partial charge in [0.2, 0.25) is 0 Å². The van der Waals surface area contributed by atoms with Crippen LogP contribution in [-0.2, 0) is 6.42 Å². The van der Waals surface area contributed by atoms with Crippen LogP contribution in [-0.4, -0.2) is 33.4 Å². The lowest BCUT2D eigenvalue weighted by molar-refractivity contribution is 0.419. The van der Waals surface area contributed by atoms with Crippen LogP contribution in [0, 0.1) is 5.92 Å². The van der Waals surface area contributed by atoms with Gasteiger partial charge in [0.05, 0.1) is 0 Å². The second-order valence-corrected chi connectivity index (χ2v) is 5.56. The second kappa shape index (κ2) is 4.45. The highest BCUT2D eigenvalue weighted by Crippen LogP contribution is 2.32. The molecular formula is C13H17N5O. The van der Waals surface area contributed by atoms with Crippen LogP contribution in [0.5, 0.6) is 0 Å². The van der Waals surface area contributed by atoms with Gasteiger partial charge in [0.15, 0.2) is 11.5 Å². The van der Waals surface area contributed by atoms with Gasteiger partial charge in [-0.25, -0.2) is 0 Å². The summed E-state index contributed by atoms with van der Waals surface area (Å²) >= 11 is 0. The molecule has 0 amide bonds. The Hall–Kier alpha value is -1.69. The van der Waals surface area contributed by atoms with Crippen LogP contribution in [0.3, 0.4) is 0 Å². The summed E-state index contributed by atoms with van der Waals surface area (Å²) < 4.78 is 5.30. The molecule has 0 bridgehead atoms. The third-order valence-electron chi connectivity index (χ3n) is 3.95. The quantitative estimate of drug-likeness (QED) is 0.869. The van der Waals surface area contributed by atoms with E-state index in [1.165, 1.54) is 12.8 Å². The van der Waals surface area contributed by atoms with Crippen LogP contribution < -0.4 is 5.32 Å². The number of H-pyrrole nitrogens is 1. The molecule has 1 aliphatic carbocycles. The highest BCUT2D eigenvalue weighted by atomic mass is 16.5. The molecule has 2 aromatic heterocycles. The number of nitrogens with one attached hydrogen (secondary N) is 2. The maximum atomic E-state index is 5.30. The Kier molecular flexibility index (Phi) is 2.61. The Balaban J connectivity index is 1.52. The van der Waals surface area contributed by atoms with E-state index < -0.39 is 0 Å². The number of hydrogen-bond donors (Lipinski definition) is 2. The summed E-state index contributed by atoms with van der Waals surface area (Å²) in [6.45, 7) is 2.09. The SMILES string of the molecule is c1c(-c2nc(CC3CC3)no2)n[nH]c1C1CCNC1. The zero-order chi connectivity index (χ0) is 12.7. The summed E-state index contributed by atoms with van der Waals surface area (Å²) in [4.78, 5) is 4.42. The fourth-order valence-electron chi connectivity index (χ4n) is 2.60. The zero-order valence-electron chi connectivity index (χ0n) is 10.7. The van der Waals surface area contributed by atoms with Crippen molar-refractivity contribution in [2.24, 2.45) is 5.92 Å². The summed E-state index contributed by atoms with van der Waals surface area (Å²) in [5.74, 6) is 2.63. The van der Waals surface area contributed by atoms with Crippen LogP contribution in [0.25, 0.3) is 11.6 Å². The predicted molar refractivity (Wildman–Crippen MR) is 68.5 cm³/mol. The van der Waals surface area contributed by atoms with E-state index >= 15 is 0 Å². The highest BCUT2D eigenvalue weighted by molar-refractivity contribution is 5.47. The molecule has 19 heavy (non-hydrogen) atoms. The van der Waals surface area contributed by atoms with Gasteiger partial charge in [-0.2, -0.15) is 10.1 Å². The van der Waals surface area contributed by atoms with Gasteiger partial charge in [0, 0.05) is 24.6 Å². The van der Waals surface area contributed by atoms with Gasteiger partial charge in [0.1, 0.15) is 0 Å². The molecule has 2 aromatic rings. The number of rotatable bonds is 4. The molecule has 2 fully saturated rings. The monoisotopic (exact) mass is 259 g/mol. The van der Waals surface area contributed by atoms with E-state index in [1.807, 2.05) is 6.07 Å². The fourth-order valence-corrected chi connectivity index (χ4v) is 2.60. The lowest BCUT2D eigenvalue weighted by Gasteiger charge is -2.02. The molecule has 6 heteroatoms. The minimum absolute atomic E-state index is 0.523. The Morgan fingerprint density at radius 2 is 2.26 bits per heavy atom. The normalized spacial score (nSPS) is 23.1. The van der Waals surface area contributed by atoms with Crippen molar-refractivity contribution >= 4 is 0 Å². The molecule has 3 heterocycles. The van der Waals surface area contributed by atoms with E-state index in [2.05, 4.69) is 25.7 Å². The molecule has 6 nitrogen and oxygen atoms in total. The summed E-state index contributed by atoms with van der Waals surface area (Å²) in [5.41, 5.74) is 1.92. The Morgan fingerprint density at radius 3 is 3.05 bits per heavy atom. The van der Waals surface area contributed by atoms with Crippen molar-refractivity contribution < 1.29 is 4.52 Å². The van der Waals surface area contributed by atoms with Crippen LogP contribution in [0.15, 0.2) is 10.6 Å². The van der Waals surface area contributed by atoms with Gasteiger partial charge < -0.3 is 9.84 Å². The van der Waals surface area contributed by atoms with Crippen LogP contribution in [0.4, 0.5) is 0 Å². The van der Waals surface area contributed by atoms with Crippen molar-refractivity contribution in [3.8, 4) is 11.6 Å². The summed E-state index contributed by atoms with van der Waals surface area (Å²) in [6, 6.07) is 2.03. The molecule has 2 N–H and O–H groups in total. The van der Waals surface area contributed by atoms with E-state index in [4.69, 9.17) is 4.52 Å². The second-order valence-electron chi connectivity index (χ2n) is 5.56. The van der Waals surface area contributed by atoms with E-state index in [0.717, 1.165) is 49.1 Å². The van der Waals surface area contributed by atoms with Crippen molar-refractivity contribution in [1.82, 2.24) is 25.7 Å². The molecular weight excluding hydrogens is 242 g/mol. The zero-order valence-corrected chi connectivity index (χ0v) is 10.7. The van der Waals surface area contributed by atoms with Gasteiger partial charge in [-0.05, 0) is 37.8 Å². The third-order valence-corrected chi connectivity index (χ3v) is 3.95. The van der Waals surface area contributed by atoms with Crippen molar-refractivity contribution in [2.45, 2.75) is 31.6 Å². The van der Waals surface area contributed by atoms with Gasteiger partial charge in [0.25, 0.3) is 5.89 Å². The highest BCUT2D eigenvalue weighted by Gasteiger charge is 2.25. The lowest BCUT2D eigenvalue weighted by Crippen LogP contribution is -2.08. The molecule has 100 valence electrons. The standard InChI is InChI=1S/C13H17N5O/c1-2-8(1)5-12-15-13(19-18-12)11-6-10(16-17-11)9-3-4-14-7-9/h6,8-9,14H,1-5,7H2,(H,16,17). The molecule has 2 aliphatic rings. The van der Waals surface area contributed by atoms with Crippen molar-refractivity contribution in [3.63, 3.8) is 0 Å². The minimum Gasteiger partial charge on any atom is -0.332 e. The van der Waals surface area contributed by atoms with Crippen LogP contribution in [0.2, 0.25) is 0 Å². The molecule has 1 atom stereocenters. The van der Waals surface area contributed by atoms with Gasteiger partial charge in [-0.1, -0.05) is 5.16 Å². The Bertz CT molecular complexity index is 565. The summed E-state index contributed by atoms with van der Waals surface area (Å²) in [5, 5.41) is 14.8. The number of nitrogens with zero attached hydrogens (tertiary/aromatic N) is 3. The lowest BCUT2D eigenvalue weighted by atomic mass is 10.1. The van der Waals surface area contributed by atoms with E-state index in [0.29, 0.717) is 11.8 Å². The van der Waals surface area contributed by atoms with Crippen molar-refractivity contribution in [1.29, 1.82) is 0 Å². The maximum Gasteiger partial charge on any atom is 0.278 e. The van der Waals surface area contributed by atoms with Crippen molar-refractivity contribution in [2.75, 3.05) is 13.1 Å². The molecule has 4 rings (SSSR count). The third kappa shape index (κ3) is 2.28. The molecule has 1 saturated heterocycles. The Labute approximate surface area is 111 Å². The average molecular weight is 259 g/mol. The molecule has 1 saturated carbocycles. The first-order valence-electron chi connectivity index (χ1n) is 6.97. The first-order valence-corrected chi connectivity index (χ1v) is 6.97. The molecule has 1 unspecified atom stereocenters. The predicted octanol–water partition coefficient (Wildman–Crippen LogP) is 1.49. The molecule has 0 radical (unpaired) electrons. The summed E-state index contributed by atoms with van der Waals surface area (Å²) in [7, 11) is 0. The van der Waals surface area contributed by atoms with Crippen molar-refractivity contribution in [3.05, 3.63) is 17.6 Å². The van der Waals surface area contributed by atoms with Gasteiger partial charge in [-0.15, -0.1) is 0 Å². The number of hydrogen-bond acceptors (Lipinski definition) is 5. The fraction of sp³-hybridized carbons (Fsp3) is 0.615. The van der Waals surface area contributed by atoms with E-state index in [1.54, 1.807) is 0 Å². The largest absolute Gasteiger partial charge is 0.332 e. The summed E-state index contributed by atoms with van der Waals surface area (Å²) in [6.07, 6.45) is 4.68. The first kappa shape index (κ1) is 11.2. The van der Waals surface area contributed by atoms with Gasteiger partial charge >= 0.3 is 0 Å². The van der Waals surface area contributed by atoms with Gasteiger partial charge in [-0.3, -0.25) is 5.10 Å². The van der Waals surface area contributed by atoms with E-state index in [-0.39, 0.29) is 0 Å². The van der Waals surface area contributed by atoms with Crippen LogP contribution >= 0.6 is 0 Å².